The van der Waals surface area contributed by atoms with E-state index >= 15 is 0 Å². The fourth-order valence-corrected chi connectivity index (χ4v) is 5.56. The summed E-state index contributed by atoms with van der Waals surface area (Å²) in [5.41, 5.74) is 5.55. The van der Waals surface area contributed by atoms with Gasteiger partial charge in [-0.25, -0.2) is 0 Å². The van der Waals surface area contributed by atoms with Gasteiger partial charge in [0.15, 0.2) is 5.82 Å². The van der Waals surface area contributed by atoms with Gasteiger partial charge in [-0.05, 0) is 55.8 Å². The molecule has 6 nitrogen and oxygen atoms in total. The Morgan fingerprint density at radius 2 is 2.21 bits per heavy atom. The summed E-state index contributed by atoms with van der Waals surface area (Å²) in [6, 6.07) is 10.5. The Kier molecular flexibility index (Phi) is 3.29. The van der Waals surface area contributed by atoms with Crippen molar-refractivity contribution in [3.05, 3.63) is 59.4 Å². The van der Waals surface area contributed by atoms with Crippen molar-refractivity contribution in [2.75, 3.05) is 18.9 Å². The van der Waals surface area contributed by atoms with E-state index in [1.165, 1.54) is 29.4 Å². The summed E-state index contributed by atoms with van der Waals surface area (Å²) in [6.45, 7) is 1.11. The maximum Gasteiger partial charge on any atom is 0.258 e. The van der Waals surface area contributed by atoms with E-state index in [0.29, 0.717) is 23.4 Å². The Bertz CT molecular complexity index is 1130. The number of carbonyl (C=O) groups excluding carboxylic acids is 1. The summed E-state index contributed by atoms with van der Waals surface area (Å²) in [7, 11) is 2.22. The highest BCUT2D eigenvalue weighted by Crippen LogP contribution is 2.54. The van der Waals surface area contributed by atoms with Crippen molar-refractivity contribution in [3.8, 4) is 0 Å². The van der Waals surface area contributed by atoms with E-state index in [0.717, 1.165) is 17.8 Å². The predicted octanol–water partition coefficient (Wildman–Crippen LogP) is 3.27. The molecule has 3 aliphatic rings. The standard InChI is InChI=1S/C22H21N5O/c1-27-10-4-6-13-12-5-2-7-16-18(12)19-14(21(13)27)11-15(20(19)24-16)22(28)25-17-8-3-9-23-26-17/h2-3,5,7-9,11,13-14,21,24H,4,6,10H2,1H3,(H,25,26,28)/t13?,14?,21-/m0/s1. The van der Waals surface area contributed by atoms with Crippen molar-refractivity contribution in [1.29, 1.82) is 0 Å². The van der Waals surface area contributed by atoms with Crippen molar-refractivity contribution in [1.82, 2.24) is 20.1 Å². The molecule has 1 aliphatic heterocycles. The molecule has 2 unspecified atom stereocenters. The molecule has 3 atom stereocenters. The molecule has 2 aliphatic carbocycles. The van der Waals surface area contributed by atoms with E-state index in [1.54, 1.807) is 18.3 Å². The Balaban J connectivity index is 1.50. The number of benzene rings is 1. The highest BCUT2D eigenvalue weighted by atomic mass is 16.1. The summed E-state index contributed by atoms with van der Waals surface area (Å²) >= 11 is 0. The van der Waals surface area contributed by atoms with E-state index in [2.05, 4.69) is 56.7 Å². The lowest BCUT2D eigenvalue weighted by Gasteiger charge is -2.45. The number of carbonyl (C=O) groups is 1. The minimum Gasteiger partial charge on any atom is -0.354 e. The minimum atomic E-state index is -0.130. The molecule has 6 heteroatoms. The SMILES string of the molecule is CN1CCCC2c3cccc4[nH]c5c(c34)C(C=C5C(=O)Nc3cccnn3)[C@H]21. The van der Waals surface area contributed by atoms with E-state index in [4.69, 9.17) is 0 Å². The van der Waals surface area contributed by atoms with Gasteiger partial charge in [-0.2, -0.15) is 5.10 Å². The molecule has 28 heavy (non-hydrogen) atoms. The third kappa shape index (κ3) is 2.09. The van der Waals surface area contributed by atoms with Gasteiger partial charge in [0.05, 0.1) is 11.3 Å². The number of H-pyrrole nitrogens is 1. The van der Waals surface area contributed by atoms with E-state index in [-0.39, 0.29) is 11.8 Å². The number of rotatable bonds is 2. The second-order valence-corrected chi connectivity index (χ2v) is 8.07. The zero-order valence-corrected chi connectivity index (χ0v) is 15.6. The fourth-order valence-electron chi connectivity index (χ4n) is 5.56. The second kappa shape index (κ2) is 5.75. The molecule has 1 fully saturated rings. The number of hydrogen-bond acceptors (Lipinski definition) is 4. The zero-order chi connectivity index (χ0) is 18.8. The number of nitrogens with one attached hydrogen (secondary N) is 2. The smallest absolute Gasteiger partial charge is 0.258 e. The minimum absolute atomic E-state index is 0.130. The van der Waals surface area contributed by atoms with Crippen LogP contribution in [0, 0.1) is 0 Å². The normalized spacial score (nSPS) is 25.5. The van der Waals surface area contributed by atoms with Crippen LogP contribution >= 0.6 is 0 Å². The molecule has 1 saturated heterocycles. The van der Waals surface area contributed by atoms with Crippen molar-refractivity contribution < 1.29 is 4.79 Å². The number of amides is 1. The summed E-state index contributed by atoms with van der Waals surface area (Å²) < 4.78 is 0. The van der Waals surface area contributed by atoms with Crippen LogP contribution in [0.3, 0.4) is 0 Å². The molecule has 140 valence electrons. The van der Waals surface area contributed by atoms with E-state index < -0.39 is 0 Å². The molecule has 2 N–H and O–H groups in total. The number of piperidine rings is 1. The average molecular weight is 371 g/mol. The van der Waals surface area contributed by atoms with Crippen LogP contribution in [0.4, 0.5) is 5.82 Å². The molecule has 6 rings (SSSR count). The van der Waals surface area contributed by atoms with Crippen LogP contribution in [0.5, 0.6) is 0 Å². The second-order valence-electron chi connectivity index (χ2n) is 8.07. The number of aromatic nitrogens is 3. The highest BCUT2D eigenvalue weighted by molar-refractivity contribution is 6.27. The molecular weight excluding hydrogens is 350 g/mol. The van der Waals surface area contributed by atoms with Crippen LogP contribution in [-0.4, -0.2) is 45.6 Å². The summed E-state index contributed by atoms with van der Waals surface area (Å²) in [5, 5.41) is 12.1. The van der Waals surface area contributed by atoms with Crippen LogP contribution < -0.4 is 5.32 Å². The topological polar surface area (TPSA) is 73.9 Å². The molecule has 3 heterocycles. The van der Waals surface area contributed by atoms with Gasteiger partial charge in [0.2, 0.25) is 0 Å². The molecule has 0 radical (unpaired) electrons. The fraction of sp³-hybridized carbons (Fsp3) is 0.318. The van der Waals surface area contributed by atoms with Gasteiger partial charge < -0.3 is 15.2 Å². The third-order valence-electron chi connectivity index (χ3n) is 6.62. The van der Waals surface area contributed by atoms with Crippen LogP contribution in [0.2, 0.25) is 0 Å². The van der Waals surface area contributed by atoms with Gasteiger partial charge in [-0.3, -0.25) is 4.79 Å². The highest BCUT2D eigenvalue weighted by Gasteiger charge is 2.46. The predicted molar refractivity (Wildman–Crippen MR) is 108 cm³/mol. The first kappa shape index (κ1) is 16.0. The maximum absolute atomic E-state index is 13.1. The first-order chi connectivity index (χ1) is 13.7. The quantitative estimate of drug-likeness (QED) is 0.725. The monoisotopic (exact) mass is 371 g/mol. The van der Waals surface area contributed by atoms with E-state index in [1.807, 2.05) is 0 Å². The Labute approximate surface area is 162 Å². The Morgan fingerprint density at radius 1 is 1.29 bits per heavy atom. The van der Waals surface area contributed by atoms with Crippen molar-refractivity contribution >= 4 is 28.2 Å². The van der Waals surface area contributed by atoms with Crippen molar-refractivity contribution in [2.45, 2.75) is 30.7 Å². The Morgan fingerprint density at radius 3 is 3.07 bits per heavy atom. The number of fused-ring (bicyclic) bond motifs is 3. The van der Waals surface area contributed by atoms with Crippen LogP contribution in [0.15, 0.2) is 42.6 Å². The van der Waals surface area contributed by atoms with Gasteiger partial charge in [-0.1, -0.05) is 18.2 Å². The first-order valence-corrected chi connectivity index (χ1v) is 9.88. The molecule has 3 aromatic rings. The van der Waals surface area contributed by atoms with Gasteiger partial charge in [-0.15, -0.1) is 5.10 Å². The van der Waals surface area contributed by atoms with Gasteiger partial charge in [0.25, 0.3) is 5.91 Å². The van der Waals surface area contributed by atoms with Crippen LogP contribution in [0.25, 0.3) is 16.5 Å². The van der Waals surface area contributed by atoms with Crippen molar-refractivity contribution in [3.63, 3.8) is 0 Å². The molecule has 1 aromatic carbocycles. The number of hydrogen-bond donors (Lipinski definition) is 2. The average Bonchev–Trinajstić information content (AvgIpc) is 3.26. The summed E-state index contributed by atoms with van der Waals surface area (Å²) in [5.74, 6) is 1.10. The van der Waals surface area contributed by atoms with Gasteiger partial charge >= 0.3 is 0 Å². The Hall–Kier alpha value is -2.99. The molecule has 0 spiro atoms. The lowest BCUT2D eigenvalue weighted by Crippen LogP contribution is -2.46. The van der Waals surface area contributed by atoms with Crippen molar-refractivity contribution in [2.24, 2.45) is 0 Å². The number of anilines is 1. The number of nitrogens with zero attached hydrogens (tertiary/aromatic N) is 3. The zero-order valence-electron chi connectivity index (χ0n) is 15.6. The lowest BCUT2D eigenvalue weighted by atomic mass is 9.70. The maximum atomic E-state index is 13.1. The molecule has 1 amide bonds. The van der Waals surface area contributed by atoms with Crippen LogP contribution in [0.1, 0.15) is 41.5 Å². The third-order valence-corrected chi connectivity index (χ3v) is 6.62. The van der Waals surface area contributed by atoms with Gasteiger partial charge in [0.1, 0.15) is 0 Å². The number of aromatic amines is 1. The number of likely N-dealkylation sites (tertiary alicyclic amines) is 1. The lowest BCUT2D eigenvalue weighted by molar-refractivity contribution is -0.111. The molecule has 2 aromatic heterocycles. The molecule has 0 saturated carbocycles. The van der Waals surface area contributed by atoms with Gasteiger partial charge in [0, 0.05) is 35.0 Å². The molecular formula is C22H21N5O. The van der Waals surface area contributed by atoms with E-state index in [9.17, 15) is 4.79 Å². The first-order valence-electron chi connectivity index (χ1n) is 9.88. The largest absolute Gasteiger partial charge is 0.354 e. The molecule has 0 bridgehead atoms. The van der Waals surface area contributed by atoms with Crippen LogP contribution in [-0.2, 0) is 4.79 Å². The summed E-state index contributed by atoms with van der Waals surface area (Å²) in [4.78, 5) is 19.1. The summed E-state index contributed by atoms with van der Waals surface area (Å²) in [6.07, 6.45) is 6.19. The number of likely N-dealkylation sites (N-methyl/N-ethyl adjacent to an activating group) is 1.